The van der Waals surface area contributed by atoms with Gasteiger partial charge in [0.25, 0.3) is 0 Å². The van der Waals surface area contributed by atoms with Crippen molar-refractivity contribution in [1.82, 2.24) is 15.1 Å². The van der Waals surface area contributed by atoms with Gasteiger partial charge < -0.3 is 10.1 Å². The van der Waals surface area contributed by atoms with Gasteiger partial charge in [-0.25, -0.2) is 4.68 Å². The van der Waals surface area contributed by atoms with E-state index >= 15 is 0 Å². The van der Waals surface area contributed by atoms with Gasteiger partial charge in [-0.1, -0.05) is 15.9 Å². The van der Waals surface area contributed by atoms with Crippen LogP contribution >= 0.6 is 15.9 Å². The number of hydrogen-bond donors (Lipinski definition) is 1. The van der Waals surface area contributed by atoms with Gasteiger partial charge in [0.15, 0.2) is 0 Å². The molecule has 1 aliphatic heterocycles. The Hall–Kier alpha value is -1.66. The summed E-state index contributed by atoms with van der Waals surface area (Å²) in [6.07, 6.45) is 8.74. The number of aromatic nitrogens is 2. The van der Waals surface area contributed by atoms with Crippen LogP contribution in [0, 0.1) is 0 Å². The fraction of sp³-hybridized carbons (Fsp3) is 0.444. The molecule has 1 atom stereocenters. The maximum atomic E-state index is 12.0. The topological polar surface area (TPSA) is 56.1 Å². The lowest BCUT2D eigenvalue weighted by Gasteiger charge is -2.22. The van der Waals surface area contributed by atoms with Crippen molar-refractivity contribution >= 4 is 21.8 Å². The smallest absolute Gasteiger partial charge is 0.220 e. The number of rotatable bonds is 6. The van der Waals surface area contributed by atoms with Gasteiger partial charge in [-0.3, -0.25) is 4.79 Å². The summed E-state index contributed by atoms with van der Waals surface area (Å²) in [5.74, 6) is 0.0700. The van der Waals surface area contributed by atoms with Gasteiger partial charge >= 0.3 is 0 Å². The standard InChI is InChI=1S/C18H22BrN3O2/c19-15-4-6-16(7-5-15)22-13-14(12-21-22)11-20-18(23)9-8-17-3-1-2-10-24-17/h4-7,12-13,17H,1-3,8-11H2,(H,20,23). The van der Waals surface area contributed by atoms with E-state index in [0.29, 0.717) is 13.0 Å². The van der Waals surface area contributed by atoms with Crippen LogP contribution in [0.15, 0.2) is 41.1 Å². The fourth-order valence-electron chi connectivity index (χ4n) is 2.80. The van der Waals surface area contributed by atoms with E-state index in [1.807, 2.05) is 35.1 Å². The van der Waals surface area contributed by atoms with E-state index in [9.17, 15) is 4.79 Å². The van der Waals surface area contributed by atoms with Gasteiger partial charge in [-0.05, 0) is 49.9 Å². The zero-order valence-electron chi connectivity index (χ0n) is 13.6. The molecule has 0 bridgehead atoms. The SMILES string of the molecule is O=C(CCC1CCCCO1)NCc1cnn(-c2ccc(Br)cc2)c1. The predicted octanol–water partition coefficient (Wildman–Crippen LogP) is 3.60. The van der Waals surface area contributed by atoms with Crippen molar-refractivity contribution in [3.05, 3.63) is 46.7 Å². The predicted molar refractivity (Wildman–Crippen MR) is 95.9 cm³/mol. The van der Waals surface area contributed by atoms with Gasteiger partial charge in [0.2, 0.25) is 5.91 Å². The van der Waals surface area contributed by atoms with Crippen molar-refractivity contribution in [2.45, 2.75) is 44.8 Å². The van der Waals surface area contributed by atoms with Crippen molar-refractivity contribution in [1.29, 1.82) is 0 Å². The Labute approximate surface area is 150 Å². The second kappa shape index (κ2) is 8.44. The van der Waals surface area contributed by atoms with E-state index in [2.05, 4.69) is 26.3 Å². The molecule has 0 saturated carbocycles. The number of benzene rings is 1. The molecule has 2 heterocycles. The van der Waals surface area contributed by atoms with Gasteiger partial charge in [0.05, 0.1) is 18.0 Å². The Balaban J connectivity index is 1.44. The highest BCUT2D eigenvalue weighted by Gasteiger charge is 2.15. The van der Waals surface area contributed by atoms with Crippen LogP contribution in [0.2, 0.25) is 0 Å². The summed E-state index contributed by atoms with van der Waals surface area (Å²) in [7, 11) is 0. The average Bonchev–Trinajstić information content (AvgIpc) is 3.09. The number of carbonyl (C=O) groups is 1. The van der Waals surface area contributed by atoms with Crippen molar-refractivity contribution in [2.75, 3.05) is 6.61 Å². The number of nitrogens with zero attached hydrogens (tertiary/aromatic N) is 2. The molecule has 128 valence electrons. The summed E-state index contributed by atoms with van der Waals surface area (Å²) in [6, 6.07) is 7.94. The third-order valence-corrected chi connectivity index (χ3v) is 4.71. The summed E-state index contributed by atoms with van der Waals surface area (Å²) in [5, 5.41) is 7.30. The van der Waals surface area contributed by atoms with E-state index in [0.717, 1.165) is 41.6 Å². The zero-order chi connectivity index (χ0) is 16.8. The molecule has 6 heteroatoms. The number of amides is 1. The lowest BCUT2D eigenvalue weighted by atomic mass is 10.0. The number of ether oxygens (including phenoxy) is 1. The van der Waals surface area contributed by atoms with Crippen LogP contribution in [0.1, 0.15) is 37.7 Å². The maximum absolute atomic E-state index is 12.0. The Bertz CT molecular complexity index is 663. The highest BCUT2D eigenvalue weighted by atomic mass is 79.9. The molecule has 5 nitrogen and oxygen atoms in total. The molecule has 1 unspecified atom stereocenters. The minimum absolute atomic E-state index is 0.0700. The minimum Gasteiger partial charge on any atom is -0.378 e. The monoisotopic (exact) mass is 391 g/mol. The number of carbonyl (C=O) groups excluding carboxylic acids is 1. The lowest BCUT2D eigenvalue weighted by Crippen LogP contribution is -2.26. The Kier molecular flexibility index (Phi) is 6.04. The first kappa shape index (κ1) is 17.2. The Morgan fingerprint density at radius 2 is 2.17 bits per heavy atom. The van der Waals surface area contributed by atoms with Gasteiger partial charge in [-0.2, -0.15) is 5.10 Å². The van der Waals surface area contributed by atoms with Crippen molar-refractivity contribution in [2.24, 2.45) is 0 Å². The minimum atomic E-state index is 0.0700. The first-order chi connectivity index (χ1) is 11.7. The zero-order valence-corrected chi connectivity index (χ0v) is 15.2. The van der Waals surface area contributed by atoms with Crippen LogP contribution in [0.25, 0.3) is 5.69 Å². The van der Waals surface area contributed by atoms with Gasteiger partial charge in [-0.15, -0.1) is 0 Å². The van der Waals surface area contributed by atoms with Crippen LogP contribution in [0.3, 0.4) is 0 Å². The summed E-state index contributed by atoms with van der Waals surface area (Å²) >= 11 is 3.42. The number of halogens is 1. The molecule has 0 radical (unpaired) electrons. The van der Waals surface area contributed by atoms with E-state index in [-0.39, 0.29) is 12.0 Å². The Morgan fingerprint density at radius 3 is 2.92 bits per heavy atom. The molecule has 1 N–H and O–H groups in total. The molecule has 24 heavy (non-hydrogen) atoms. The van der Waals surface area contributed by atoms with E-state index < -0.39 is 0 Å². The number of nitrogens with one attached hydrogen (secondary N) is 1. The van der Waals surface area contributed by atoms with E-state index in [1.54, 1.807) is 6.20 Å². The maximum Gasteiger partial charge on any atom is 0.220 e. The van der Waals surface area contributed by atoms with Crippen LogP contribution in [0.5, 0.6) is 0 Å². The summed E-state index contributed by atoms with van der Waals surface area (Å²) < 4.78 is 8.50. The van der Waals surface area contributed by atoms with Gasteiger partial charge in [0.1, 0.15) is 0 Å². The van der Waals surface area contributed by atoms with Crippen molar-refractivity contribution < 1.29 is 9.53 Å². The Morgan fingerprint density at radius 1 is 1.33 bits per heavy atom. The van der Waals surface area contributed by atoms with Crippen LogP contribution in [-0.4, -0.2) is 28.4 Å². The highest BCUT2D eigenvalue weighted by Crippen LogP contribution is 2.17. The van der Waals surface area contributed by atoms with Crippen LogP contribution in [0.4, 0.5) is 0 Å². The molecule has 1 amide bonds. The second-order valence-electron chi connectivity index (χ2n) is 6.07. The molecule has 1 aliphatic rings. The summed E-state index contributed by atoms with van der Waals surface area (Å²) in [6.45, 7) is 1.34. The molecule has 0 aliphatic carbocycles. The molecular weight excluding hydrogens is 370 g/mol. The van der Waals surface area contributed by atoms with Crippen LogP contribution < -0.4 is 5.32 Å². The first-order valence-corrected chi connectivity index (χ1v) is 9.18. The molecule has 2 aromatic rings. The third-order valence-electron chi connectivity index (χ3n) is 4.18. The highest BCUT2D eigenvalue weighted by molar-refractivity contribution is 9.10. The quantitative estimate of drug-likeness (QED) is 0.818. The molecule has 1 fully saturated rings. The average molecular weight is 392 g/mol. The largest absolute Gasteiger partial charge is 0.378 e. The third kappa shape index (κ3) is 4.92. The normalized spacial score (nSPS) is 17.6. The van der Waals surface area contributed by atoms with Crippen molar-refractivity contribution in [3.8, 4) is 5.69 Å². The van der Waals surface area contributed by atoms with E-state index in [1.165, 1.54) is 6.42 Å². The number of hydrogen-bond acceptors (Lipinski definition) is 3. The first-order valence-electron chi connectivity index (χ1n) is 8.38. The lowest BCUT2D eigenvalue weighted by molar-refractivity contribution is -0.122. The van der Waals surface area contributed by atoms with Crippen LogP contribution in [-0.2, 0) is 16.1 Å². The molecule has 1 aromatic carbocycles. The summed E-state index contributed by atoms with van der Waals surface area (Å²) in [5.41, 5.74) is 1.98. The molecule has 1 saturated heterocycles. The van der Waals surface area contributed by atoms with Gasteiger partial charge in [0, 0.05) is 35.8 Å². The fourth-order valence-corrected chi connectivity index (χ4v) is 3.07. The molecular formula is C18H22BrN3O2. The molecule has 0 spiro atoms. The van der Waals surface area contributed by atoms with Crippen molar-refractivity contribution in [3.63, 3.8) is 0 Å². The van der Waals surface area contributed by atoms with E-state index in [4.69, 9.17) is 4.74 Å². The second-order valence-corrected chi connectivity index (χ2v) is 6.99. The molecule has 1 aromatic heterocycles. The molecule has 3 rings (SSSR count). The summed E-state index contributed by atoms with van der Waals surface area (Å²) in [4.78, 5) is 12.0.